The van der Waals surface area contributed by atoms with Crippen LogP contribution < -0.4 is 4.74 Å². The highest BCUT2D eigenvalue weighted by atomic mass is 16.5. The average Bonchev–Trinajstić information content (AvgIpc) is 2.27. The third-order valence-electron chi connectivity index (χ3n) is 2.29. The number of aromatic nitrogens is 1. The Morgan fingerprint density at radius 2 is 2.29 bits per heavy atom. The van der Waals surface area contributed by atoms with Gasteiger partial charge in [-0.15, -0.1) is 0 Å². The van der Waals surface area contributed by atoms with Crippen LogP contribution in [-0.2, 0) is 0 Å². The number of hydrogen-bond donors (Lipinski definition) is 0. The van der Waals surface area contributed by atoms with Crippen LogP contribution in [0.2, 0.25) is 0 Å². The summed E-state index contributed by atoms with van der Waals surface area (Å²) in [7, 11) is 1.55. The fourth-order valence-electron chi connectivity index (χ4n) is 1.12. The predicted octanol–water partition coefficient (Wildman–Crippen LogP) is 2.32. The fourth-order valence-corrected chi connectivity index (χ4v) is 1.12. The summed E-state index contributed by atoms with van der Waals surface area (Å²) in [5.74, 6) is 0.735. The van der Waals surface area contributed by atoms with Gasteiger partial charge in [0, 0.05) is 23.7 Å². The lowest BCUT2D eigenvalue weighted by Gasteiger charge is -2.06. The van der Waals surface area contributed by atoms with E-state index >= 15 is 0 Å². The largest absolute Gasteiger partial charge is 0.481 e. The van der Waals surface area contributed by atoms with Gasteiger partial charge in [-0.05, 0) is 12.5 Å². The summed E-state index contributed by atoms with van der Waals surface area (Å²) in [5, 5.41) is 0. The topological polar surface area (TPSA) is 39.2 Å². The molecule has 0 fully saturated rings. The van der Waals surface area contributed by atoms with Gasteiger partial charge in [-0.2, -0.15) is 0 Å². The number of hydrogen-bond acceptors (Lipinski definition) is 3. The number of ether oxygens (including phenoxy) is 1. The van der Waals surface area contributed by atoms with Crippen molar-refractivity contribution in [1.82, 2.24) is 4.98 Å². The molecule has 1 aromatic heterocycles. The molecule has 0 aliphatic heterocycles. The van der Waals surface area contributed by atoms with Crippen molar-refractivity contribution >= 4 is 5.78 Å². The second-order valence-corrected chi connectivity index (χ2v) is 3.26. The molecule has 0 amide bonds. The standard InChI is InChI=1S/C11H15NO2/c1-4-8(2)11(13)9-5-6-10(14-3)12-7-9/h5-8H,4H2,1-3H3/t8-/m1/s1. The van der Waals surface area contributed by atoms with Crippen LogP contribution in [0.4, 0.5) is 0 Å². The summed E-state index contributed by atoms with van der Waals surface area (Å²) in [6.07, 6.45) is 2.41. The number of carbonyl (C=O) groups excluding carboxylic acids is 1. The van der Waals surface area contributed by atoms with E-state index in [9.17, 15) is 4.79 Å². The van der Waals surface area contributed by atoms with Crippen molar-refractivity contribution in [1.29, 1.82) is 0 Å². The molecule has 0 N–H and O–H groups in total. The van der Waals surface area contributed by atoms with E-state index in [1.165, 1.54) is 0 Å². The van der Waals surface area contributed by atoms with Crippen LogP contribution in [0, 0.1) is 5.92 Å². The SMILES string of the molecule is CC[C@@H](C)C(=O)c1ccc(OC)nc1. The molecule has 0 saturated carbocycles. The van der Waals surface area contributed by atoms with Crippen LogP contribution in [-0.4, -0.2) is 17.9 Å². The summed E-state index contributed by atoms with van der Waals surface area (Å²) < 4.78 is 4.91. The van der Waals surface area contributed by atoms with E-state index < -0.39 is 0 Å². The van der Waals surface area contributed by atoms with Crippen molar-refractivity contribution in [3.05, 3.63) is 23.9 Å². The molecule has 1 rings (SSSR count). The average molecular weight is 193 g/mol. The van der Waals surface area contributed by atoms with Gasteiger partial charge in [-0.25, -0.2) is 4.98 Å². The molecule has 0 saturated heterocycles. The monoisotopic (exact) mass is 193 g/mol. The molecular weight excluding hydrogens is 178 g/mol. The van der Waals surface area contributed by atoms with Gasteiger partial charge < -0.3 is 4.74 Å². The van der Waals surface area contributed by atoms with Gasteiger partial charge in [0.05, 0.1) is 7.11 Å². The van der Waals surface area contributed by atoms with E-state index in [1.54, 1.807) is 25.4 Å². The first-order valence-corrected chi connectivity index (χ1v) is 4.73. The zero-order valence-corrected chi connectivity index (χ0v) is 8.78. The Hall–Kier alpha value is -1.38. The first-order valence-electron chi connectivity index (χ1n) is 4.73. The van der Waals surface area contributed by atoms with Crippen LogP contribution in [0.1, 0.15) is 30.6 Å². The van der Waals surface area contributed by atoms with Crippen LogP contribution in [0.15, 0.2) is 18.3 Å². The summed E-state index contributed by atoms with van der Waals surface area (Å²) >= 11 is 0. The van der Waals surface area contributed by atoms with E-state index in [-0.39, 0.29) is 11.7 Å². The second kappa shape index (κ2) is 4.74. The van der Waals surface area contributed by atoms with Crippen LogP contribution in [0.25, 0.3) is 0 Å². The minimum atomic E-state index is 0.0604. The van der Waals surface area contributed by atoms with Gasteiger partial charge >= 0.3 is 0 Å². The zero-order valence-electron chi connectivity index (χ0n) is 8.78. The third-order valence-corrected chi connectivity index (χ3v) is 2.29. The number of ketones is 1. The Labute approximate surface area is 84.1 Å². The maximum Gasteiger partial charge on any atom is 0.212 e. The second-order valence-electron chi connectivity index (χ2n) is 3.26. The Bertz CT molecular complexity index is 306. The van der Waals surface area contributed by atoms with E-state index in [0.717, 1.165) is 6.42 Å². The Kier molecular flexibility index (Phi) is 3.63. The molecule has 3 heteroatoms. The molecule has 14 heavy (non-hydrogen) atoms. The van der Waals surface area contributed by atoms with Gasteiger partial charge in [0.2, 0.25) is 5.88 Å². The molecule has 3 nitrogen and oxygen atoms in total. The minimum absolute atomic E-state index is 0.0604. The highest BCUT2D eigenvalue weighted by molar-refractivity contribution is 5.97. The van der Waals surface area contributed by atoms with Crippen molar-refractivity contribution < 1.29 is 9.53 Å². The van der Waals surface area contributed by atoms with Crippen molar-refractivity contribution in [3.63, 3.8) is 0 Å². The van der Waals surface area contributed by atoms with E-state index in [0.29, 0.717) is 11.4 Å². The molecule has 0 aromatic carbocycles. The molecule has 1 atom stereocenters. The van der Waals surface area contributed by atoms with Gasteiger partial charge in [-0.3, -0.25) is 4.79 Å². The normalized spacial score (nSPS) is 12.2. The molecule has 76 valence electrons. The fraction of sp³-hybridized carbons (Fsp3) is 0.455. The molecule has 0 unspecified atom stereocenters. The molecule has 0 aliphatic rings. The Morgan fingerprint density at radius 1 is 1.57 bits per heavy atom. The predicted molar refractivity (Wildman–Crippen MR) is 54.6 cm³/mol. The van der Waals surface area contributed by atoms with Crippen molar-refractivity contribution in [2.45, 2.75) is 20.3 Å². The van der Waals surface area contributed by atoms with Crippen molar-refractivity contribution in [2.24, 2.45) is 5.92 Å². The number of methoxy groups -OCH3 is 1. The molecule has 0 radical (unpaired) electrons. The third kappa shape index (κ3) is 2.31. The molecule has 0 aliphatic carbocycles. The lowest BCUT2D eigenvalue weighted by molar-refractivity contribution is 0.0927. The lowest BCUT2D eigenvalue weighted by atomic mass is 9.99. The van der Waals surface area contributed by atoms with Gasteiger partial charge in [0.15, 0.2) is 5.78 Å². The maximum absolute atomic E-state index is 11.7. The zero-order chi connectivity index (χ0) is 10.6. The Morgan fingerprint density at radius 3 is 2.71 bits per heavy atom. The van der Waals surface area contributed by atoms with E-state index in [4.69, 9.17) is 4.74 Å². The first kappa shape index (κ1) is 10.7. The molecular formula is C11H15NO2. The maximum atomic E-state index is 11.7. The van der Waals surface area contributed by atoms with Crippen LogP contribution in [0.3, 0.4) is 0 Å². The smallest absolute Gasteiger partial charge is 0.212 e. The van der Waals surface area contributed by atoms with Gasteiger partial charge in [0.25, 0.3) is 0 Å². The van der Waals surface area contributed by atoms with Crippen LogP contribution >= 0.6 is 0 Å². The number of rotatable bonds is 4. The molecule has 1 heterocycles. The number of carbonyl (C=O) groups is 1. The highest BCUT2D eigenvalue weighted by Crippen LogP contribution is 2.13. The number of pyridine rings is 1. The number of nitrogens with zero attached hydrogens (tertiary/aromatic N) is 1. The quantitative estimate of drug-likeness (QED) is 0.689. The molecule has 0 spiro atoms. The molecule has 1 aromatic rings. The van der Waals surface area contributed by atoms with Crippen molar-refractivity contribution in [2.75, 3.05) is 7.11 Å². The summed E-state index contributed by atoms with van der Waals surface area (Å²) in [5.41, 5.74) is 0.653. The Balaban J connectivity index is 2.81. The van der Waals surface area contributed by atoms with E-state index in [1.807, 2.05) is 13.8 Å². The lowest BCUT2D eigenvalue weighted by Crippen LogP contribution is -2.10. The van der Waals surface area contributed by atoms with Gasteiger partial charge in [0.1, 0.15) is 0 Å². The number of Topliss-reactive ketones (excluding diaryl/α,β-unsaturated/α-hetero) is 1. The summed E-state index contributed by atoms with van der Waals surface area (Å²) in [6, 6.07) is 3.45. The first-order chi connectivity index (χ1) is 6.69. The molecule has 0 bridgehead atoms. The van der Waals surface area contributed by atoms with Crippen LogP contribution in [0.5, 0.6) is 5.88 Å². The summed E-state index contributed by atoms with van der Waals surface area (Å²) in [6.45, 7) is 3.92. The highest BCUT2D eigenvalue weighted by Gasteiger charge is 2.13. The van der Waals surface area contributed by atoms with Crippen molar-refractivity contribution in [3.8, 4) is 5.88 Å². The summed E-state index contributed by atoms with van der Waals surface area (Å²) in [4.78, 5) is 15.7. The van der Waals surface area contributed by atoms with E-state index in [2.05, 4.69) is 4.98 Å². The van der Waals surface area contributed by atoms with Gasteiger partial charge in [-0.1, -0.05) is 13.8 Å². The minimum Gasteiger partial charge on any atom is -0.481 e.